The highest BCUT2D eigenvalue weighted by Gasteiger charge is 2.37. The van der Waals surface area contributed by atoms with Gasteiger partial charge in [0.1, 0.15) is 17.8 Å². The first-order valence-corrected chi connectivity index (χ1v) is 16.3. The van der Waals surface area contributed by atoms with Crippen LogP contribution in [0.5, 0.6) is 0 Å². The number of benzene rings is 2. The summed E-state index contributed by atoms with van der Waals surface area (Å²) in [6.45, 7) is 2.15. The second kappa shape index (κ2) is 11.2. The molecule has 0 bridgehead atoms. The van der Waals surface area contributed by atoms with E-state index in [1.54, 1.807) is 0 Å². The van der Waals surface area contributed by atoms with Crippen LogP contribution in [0.3, 0.4) is 0 Å². The Kier molecular flexibility index (Phi) is 6.92. The van der Waals surface area contributed by atoms with Gasteiger partial charge < -0.3 is 24.5 Å². The molecule has 222 valence electrons. The van der Waals surface area contributed by atoms with Crippen LogP contribution in [0.2, 0.25) is 0 Å². The lowest BCUT2D eigenvalue weighted by atomic mass is 10.1. The predicted octanol–water partition coefficient (Wildman–Crippen LogP) is 5.72. The van der Waals surface area contributed by atoms with E-state index in [4.69, 9.17) is 14.7 Å². The van der Waals surface area contributed by atoms with Crippen molar-refractivity contribution in [2.45, 2.75) is 56.7 Å². The van der Waals surface area contributed by atoms with Gasteiger partial charge in [0.2, 0.25) is 0 Å². The maximum atomic E-state index is 13.1. The number of carbonyl (C=O) groups is 2. The Morgan fingerprint density at radius 2 is 1.45 bits per heavy atom. The molecule has 3 fully saturated rings. The summed E-state index contributed by atoms with van der Waals surface area (Å²) in [6.07, 6.45) is 5.15. The fourth-order valence-electron chi connectivity index (χ4n) is 6.78. The van der Waals surface area contributed by atoms with Crippen LogP contribution in [-0.4, -0.2) is 67.4 Å². The van der Waals surface area contributed by atoms with Crippen molar-refractivity contribution >= 4 is 45.2 Å². The average molecular weight is 605 g/mol. The van der Waals surface area contributed by atoms with Gasteiger partial charge in [0.25, 0.3) is 11.8 Å². The maximum Gasteiger partial charge on any atom is 0.264 e. The third kappa shape index (κ3) is 4.96. The lowest BCUT2D eigenvalue weighted by Crippen LogP contribution is -2.38. The number of imidazole rings is 2. The molecule has 9 nitrogen and oxygen atoms in total. The summed E-state index contributed by atoms with van der Waals surface area (Å²) in [4.78, 5) is 47.4. The van der Waals surface area contributed by atoms with Crippen LogP contribution in [0.25, 0.3) is 22.1 Å². The molecule has 6 heterocycles. The lowest BCUT2D eigenvalue weighted by molar-refractivity contribution is -0.142. The van der Waals surface area contributed by atoms with Crippen LogP contribution in [0, 0.1) is 11.8 Å². The molecule has 5 aromatic rings. The number of thiophene rings is 1. The molecule has 3 aliphatic heterocycles. The molecule has 2 N–H and O–H groups in total. The summed E-state index contributed by atoms with van der Waals surface area (Å²) in [5.41, 5.74) is 5.32. The number of ether oxygens (including phenoxy) is 1. The predicted molar refractivity (Wildman–Crippen MR) is 168 cm³/mol. The van der Waals surface area contributed by atoms with Gasteiger partial charge in [-0.1, -0.05) is 17.9 Å². The van der Waals surface area contributed by atoms with Crippen LogP contribution >= 0.6 is 11.3 Å². The van der Waals surface area contributed by atoms with Crippen LogP contribution in [0.15, 0.2) is 53.9 Å². The SMILES string of the molecule is O=C([C@@H]1CCCO1)N1CCCC1c1nc2ccc(C#Cc3ccc4nc([C@@H]5CCCN5C(=O)c5cccs5)[nH]c4c3)cc2[nH]1. The maximum absolute atomic E-state index is 13.1. The lowest BCUT2D eigenvalue weighted by Gasteiger charge is -2.25. The van der Waals surface area contributed by atoms with Gasteiger partial charge in [-0.2, -0.15) is 0 Å². The topological polar surface area (TPSA) is 107 Å². The molecule has 8 rings (SSSR count). The number of nitrogens with one attached hydrogen (secondary N) is 2. The molecular weight excluding hydrogens is 572 g/mol. The highest BCUT2D eigenvalue weighted by atomic mass is 32.1. The summed E-state index contributed by atoms with van der Waals surface area (Å²) < 4.78 is 5.67. The van der Waals surface area contributed by atoms with E-state index in [1.165, 1.54) is 11.3 Å². The van der Waals surface area contributed by atoms with Crippen molar-refractivity contribution < 1.29 is 14.3 Å². The zero-order valence-corrected chi connectivity index (χ0v) is 25.0. The Labute approximate surface area is 258 Å². The largest absolute Gasteiger partial charge is 0.368 e. The number of H-pyrrole nitrogens is 2. The van der Waals surface area contributed by atoms with E-state index >= 15 is 0 Å². The smallest absolute Gasteiger partial charge is 0.264 e. The minimum Gasteiger partial charge on any atom is -0.368 e. The Bertz CT molecular complexity index is 1930. The minimum absolute atomic E-state index is 0.0511. The Morgan fingerprint density at radius 3 is 2.05 bits per heavy atom. The van der Waals surface area contributed by atoms with E-state index < -0.39 is 0 Å². The quantitative estimate of drug-likeness (QED) is 0.255. The molecule has 1 unspecified atom stereocenters. The van der Waals surface area contributed by atoms with Crippen molar-refractivity contribution in [3.05, 3.63) is 81.6 Å². The monoisotopic (exact) mass is 604 g/mol. The van der Waals surface area contributed by atoms with Gasteiger partial charge in [0, 0.05) is 30.8 Å². The van der Waals surface area contributed by atoms with Gasteiger partial charge in [-0.3, -0.25) is 9.59 Å². The fourth-order valence-corrected chi connectivity index (χ4v) is 7.46. The second-order valence-corrected chi connectivity index (χ2v) is 12.7. The van der Waals surface area contributed by atoms with Gasteiger partial charge in [-0.15, -0.1) is 11.3 Å². The zero-order chi connectivity index (χ0) is 29.6. The number of aromatic amines is 2. The van der Waals surface area contributed by atoms with Crippen LogP contribution in [0.1, 0.15) is 83.1 Å². The number of aromatic nitrogens is 4. The summed E-state index contributed by atoms with van der Waals surface area (Å²) in [5, 5.41) is 1.94. The molecule has 0 saturated carbocycles. The van der Waals surface area contributed by atoms with Crippen LogP contribution < -0.4 is 0 Å². The fraction of sp³-hybridized carbons (Fsp3) is 0.353. The Morgan fingerprint density at radius 1 is 0.818 bits per heavy atom. The van der Waals surface area contributed by atoms with Crippen molar-refractivity contribution in [3.8, 4) is 11.8 Å². The molecule has 2 aromatic carbocycles. The number of hydrogen-bond acceptors (Lipinski definition) is 6. The summed E-state index contributed by atoms with van der Waals surface area (Å²) in [7, 11) is 0. The number of rotatable bonds is 4. The molecule has 10 heteroatoms. The van der Waals surface area contributed by atoms with Gasteiger partial charge >= 0.3 is 0 Å². The first-order chi connectivity index (χ1) is 21.6. The molecule has 3 aromatic heterocycles. The Balaban J connectivity index is 1.00. The molecule has 3 saturated heterocycles. The third-order valence-corrected chi connectivity index (χ3v) is 9.83. The van der Waals surface area contributed by atoms with Crippen molar-refractivity contribution in [3.63, 3.8) is 0 Å². The molecule has 0 spiro atoms. The number of fused-ring (bicyclic) bond motifs is 2. The van der Waals surface area contributed by atoms with E-state index in [-0.39, 0.29) is 30.0 Å². The standard InChI is InChI=1S/C34H32N6O3S/c41-33(29-7-3-17-43-29)39-15-1-5-27(39)31-35-23-13-11-21(19-25(23)37-31)9-10-22-12-14-24-26(20-22)38-32(36-24)28-6-2-16-40(28)34(42)30-8-4-18-44-30/h4,8,11-14,18-20,27-29H,1-3,5-7,15-17H2,(H,35,37)(H,36,38)/t27?,28-,29-/m0/s1. The van der Waals surface area contributed by atoms with Gasteiger partial charge in [-0.05, 0) is 86.4 Å². The normalized spacial score (nSPS) is 21.8. The highest BCUT2D eigenvalue weighted by molar-refractivity contribution is 7.12. The highest BCUT2D eigenvalue weighted by Crippen LogP contribution is 2.35. The first-order valence-electron chi connectivity index (χ1n) is 15.4. The number of nitrogens with zero attached hydrogens (tertiary/aromatic N) is 4. The Hall–Kier alpha value is -4.46. The molecule has 3 atom stereocenters. The summed E-state index contributed by atoms with van der Waals surface area (Å²) >= 11 is 1.48. The molecule has 44 heavy (non-hydrogen) atoms. The van der Waals surface area contributed by atoms with E-state index in [2.05, 4.69) is 21.8 Å². The van der Waals surface area contributed by atoms with E-state index in [0.29, 0.717) is 6.61 Å². The molecule has 3 aliphatic rings. The van der Waals surface area contributed by atoms with Crippen LogP contribution in [0.4, 0.5) is 0 Å². The summed E-state index contributed by atoms with van der Waals surface area (Å²) in [6, 6.07) is 15.7. The van der Waals surface area contributed by atoms with E-state index in [1.807, 2.05) is 63.7 Å². The zero-order valence-electron chi connectivity index (χ0n) is 24.2. The van der Waals surface area contributed by atoms with Crippen molar-refractivity contribution in [2.75, 3.05) is 19.7 Å². The molecule has 2 amide bonds. The van der Waals surface area contributed by atoms with Crippen molar-refractivity contribution in [2.24, 2.45) is 0 Å². The van der Waals surface area contributed by atoms with E-state index in [0.717, 1.165) is 101 Å². The van der Waals surface area contributed by atoms with Crippen LogP contribution in [-0.2, 0) is 9.53 Å². The summed E-state index contributed by atoms with van der Waals surface area (Å²) in [5.74, 6) is 8.40. The third-order valence-electron chi connectivity index (χ3n) is 8.97. The van der Waals surface area contributed by atoms with Gasteiger partial charge in [0.15, 0.2) is 0 Å². The van der Waals surface area contributed by atoms with Gasteiger partial charge in [0.05, 0.1) is 39.0 Å². The minimum atomic E-state index is -0.313. The number of hydrogen-bond donors (Lipinski definition) is 2. The second-order valence-electron chi connectivity index (χ2n) is 11.8. The number of likely N-dealkylation sites (tertiary alicyclic amines) is 2. The molecule has 0 radical (unpaired) electrons. The van der Waals surface area contributed by atoms with Gasteiger partial charge in [-0.25, -0.2) is 9.97 Å². The van der Waals surface area contributed by atoms with E-state index in [9.17, 15) is 9.59 Å². The number of amides is 2. The van der Waals surface area contributed by atoms with Crippen molar-refractivity contribution in [1.29, 1.82) is 0 Å². The number of carbonyl (C=O) groups excluding carboxylic acids is 2. The van der Waals surface area contributed by atoms with Crippen molar-refractivity contribution in [1.82, 2.24) is 29.7 Å². The first kappa shape index (κ1) is 27.1. The average Bonchev–Trinajstić information content (AvgIpc) is 3.89. The molecule has 0 aliphatic carbocycles. The molecular formula is C34H32N6O3S.